The second-order valence-corrected chi connectivity index (χ2v) is 4.62. The Hall–Kier alpha value is -2.38. The number of nitrogens with zero attached hydrogens (tertiary/aromatic N) is 1. The van der Waals surface area contributed by atoms with Crippen LogP contribution in [0.25, 0.3) is 11.1 Å². The maximum atomic E-state index is 14.3. The van der Waals surface area contributed by atoms with E-state index in [0.717, 1.165) is 12.1 Å². The van der Waals surface area contributed by atoms with Gasteiger partial charge in [0.25, 0.3) is 0 Å². The largest absolute Gasteiger partial charge is 0.496 e. The van der Waals surface area contributed by atoms with Gasteiger partial charge in [0.15, 0.2) is 0 Å². The minimum atomic E-state index is -0.321. The second-order valence-electron chi connectivity index (χ2n) is 4.62. The Morgan fingerprint density at radius 1 is 1.19 bits per heavy atom. The van der Waals surface area contributed by atoms with Crippen molar-refractivity contribution in [2.24, 2.45) is 0 Å². The van der Waals surface area contributed by atoms with Crippen LogP contribution in [0.2, 0.25) is 0 Å². The topological polar surface area (TPSA) is 45.0 Å². The Labute approximate surface area is 124 Å². The van der Waals surface area contributed by atoms with Gasteiger partial charge in [-0.15, -0.1) is 0 Å². The summed E-state index contributed by atoms with van der Waals surface area (Å²) in [5.41, 5.74) is 2.38. The highest BCUT2D eigenvalue weighted by atomic mass is 19.1. The van der Waals surface area contributed by atoms with Gasteiger partial charge in [0.2, 0.25) is 0 Å². The van der Waals surface area contributed by atoms with Gasteiger partial charge in [0, 0.05) is 17.7 Å². The summed E-state index contributed by atoms with van der Waals surface area (Å²) < 4.78 is 19.6. The molecule has 1 N–H and O–H groups in total. The highest BCUT2D eigenvalue weighted by Gasteiger charge is 2.12. The molecule has 0 fully saturated rings. The first-order valence-electron chi connectivity index (χ1n) is 6.77. The number of halogens is 1. The van der Waals surface area contributed by atoms with Gasteiger partial charge in [0.1, 0.15) is 11.6 Å². The molecule has 3 nitrogen and oxygen atoms in total. The summed E-state index contributed by atoms with van der Waals surface area (Å²) in [6.45, 7) is 3.47. The van der Waals surface area contributed by atoms with Crippen molar-refractivity contribution in [2.45, 2.75) is 13.5 Å². The zero-order valence-corrected chi connectivity index (χ0v) is 12.1. The second kappa shape index (κ2) is 6.87. The fourth-order valence-electron chi connectivity index (χ4n) is 2.14. The van der Waals surface area contributed by atoms with Crippen LogP contribution in [0.4, 0.5) is 4.39 Å². The van der Waals surface area contributed by atoms with Crippen LogP contribution < -0.4 is 10.1 Å². The lowest BCUT2D eigenvalue weighted by Crippen LogP contribution is -2.11. The molecule has 0 heterocycles. The molecule has 2 aromatic rings. The molecule has 2 aromatic carbocycles. The first-order valence-corrected chi connectivity index (χ1v) is 6.77. The summed E-state index contributed by atoms with van der Waals surface area (Å²) in [7, 11) is 1.53. The molecular weight excluding hydrogens is 267 g/mol. The van der Waals surface area contributed by atoms with Gasteiger partial charge in [-0.3, -0.25) is 0 Å². The molecule has 0 aliphatic carbocycles. The average Bonchev–Trinajstić information content (AvgIpc) is 2.52. The van der Waals surface area contributed by atoms with Crippen molar-refractivity contribution in [3.8, 4) is 22.9 Å². The van der Waals surface area contributed by atoms with Crippen LogP contribution >= 0.6 is 0 Å². The lowest BCUT2D eigenvalue weighted by molar-refractivity contribution is 0.416. The molecule has 108 valence electrons. The Kier molecular flexibility index (Phi) is 4.91. The maximum Gasteiger partial charge on any atom is 0.131 e. The van der Waals surface area contributed by atoms with E-state index < -0.39 is 0 Å². The first kappa shape index (κ1) is 15.0. The number of rotatable bonds is 5. The molecule has 0 saturated carbocycles. The number of hydrogen-bond donors (Lipinski definition) is 1. The van der Waals surface area contributed by atoms with E-state index in [-0.39, 0.29) is 5.82 Å². The van der Waals surface area contributed by atoms with Crippen molar-refractivity contribution in [1.29, 1.82) is 5.26 Å². The molecule has 0 spiro atoms. The SMILES string of the molecule is CCNCc1ccc(-c2cc(C#N)ccc2OC)c(F)c1. The highest BCUT2D eigenvalue weighted by Crippen LogP contribution is 2.33. The fraction of sp³-hybridized carbons (Fsp3) is 0.235. The predicted molar refractivity (Wildman–Crippen MR) is 80.5 cm³/mol. The zero-order valence-electron chi connectivity index (χ0n) is 12.1. The lowest BCUT2D eigenvalue weighted by atomic mass is 10.00. The Bertz CT molecular complexity index is 677. The van der Waals surface area contributed by atoms with E-state index in [9.17, 15) is 4.39 Å². The summed E-state index contributed by atoms with van der Waals surface area (Å²) in [6, 6.07) is 12.1. The van der Waals surface area contributed by atoms with Gasteiger partial charge < -0.3 is 10.1 Å². The number of ether oxygens (including phenoxy) is 1. The summed E-state index contributed by atoms with van der Waals surface area (Å²) >= 11 is 0. The first-order chi connectivity index (χ1) is 10.2. The van der Waals surface area contributed by atoms with Gasteiger partial charge in [0.05, 0.1) is 18.7 Å². The minimum Gasteiger partial charge on any atom is -0.496 e. The molecule has 0 aromatic heterocycles. The van der Waals surface area contributed by atoms with E-state index in [2.05, 4.69) is 11.4 Å². The third-order valence-corrected chi connectivity index (χ3v) is 3.23. The van der Waals surface area contributed by atoms with Crippen molar-refractivity contribution in [3.05, 3.63) is 53.3 Å². The molecular formula is C17H17FN2O. The van der Waals surface area contributed by atoms with E-state index in [0.29, 0.717) is 29.0 Å². The van der Waals surface area contributed by atoms with Crippen LogP contribution in [-0.2, 0) is 6.54 Å². The van der Waals surface area contributed by atoms with E-state index in [1.165, 1.54) is 13.2 Å². The van der Waals surface area contributed by atoms with E-state index in [1.54, 1.807) is 24.3 Å². The quantitative estimate of drug-likeness (QED) is 0.914. The number of nitriles is 1. The van der Waals surface area contributed by atoms with Crippen molar-refractivity contribution in [1.82, 2.24) is 5.32 Å². The third kappa shape index (κ3) is 3.39. The third-order valence-electron chi connectivity index (χ3n) is 3.23. The Morgan fingerprint density at radius 3 is 2.62 bits per heavy atom. The van der Waals surface area contributed by atoms with Crippen LogP contribution in [0.1, 0.15) is 18.1 Å². The van der Waals surface area contributed by atoms with Crippen molar-refractivity contribution in [2.75, 3.05) is 13.7 Å². The van der Waals surface area contributed by atoms with Gasteiger partial charge in [-0.05, 0) is 36.4 Å². The number of nitrogens with one attached hydrogen (secondary N) is 1. The van der Waals surface area contributed by atoms with Gasteiger partial charge in [-0.1, -0.05) is 19.1 Å². The minimum absolute atomic E-state index is 0.321. The molecule has 0 radical (unpaired) electrons. The predicted octanol–water partition coefficient (Wildman–Crippen LogP) is 3.48. The van der Waals surface area contributed by atoms with Gasteiger partial charge >= 0.3 is 0 Å². The molecule has 0 unspecified atom stereocenters. The van der Waals surface area contributed by atoms with E-state index in [4.69, 9.17) is 10.00 Å². The lowest BCUT2D eigenvalue weighted by Gasteiger charge is -2.11. The Balaban J connectivity index is 2.44. The number of benzene rings is 2. The summed E-state index contributed by atoms with van der Waals surface area (Å²) in [5.74, 6) is 0.228. The van der Waals surface area contributed by atoms with Crippen LogP contribution in [0.5, 0.6) is 5.75 Å². The van der Waals surface area contributed by atoms with Crippen LogP contribution in [0, 0.1) is 17.1 Å². The normalized spacial score (nSPS) is 10.2. The Morgan fingerprint density at radius 2 is 2.00 bits per heavy atom. The van der Waals surface area contributed by atoms with Crippen LogP contribution in [0.15, 0.2) is 36.4 Å². The maximum absolute atomic E-state index is 14.3. The van der Waals surface area contributed by atoms with Crippen molar-refractivity contribution < 1.29 is 9.13 Å². The van der Waals surface area contributed by atoms with Crippen LogP contribution in [0.3, 0.4) is 0 Å². The van der Waals surface area contributed by atoms with Crippen molar-refractivity contribution in [3.63, 3.8) is 0 Å². The van der Waals surface area contributed by atoms with Gasteiger partial charge in [-0.25, -0.2) is 4.39 Å². The van der Waals surface area contributed by atoms with Crippen molar-refractivity contribution >= 4 is 0 Å². The number of hydrogen-bond acceptors (Lipinski definition) is 3. The monoisotopic (exact) mass is 284 g/mol. The molecule has 4 heteroatoms. The fourth-order valence-corrected chi connectivity index (χ4v) is 2.14. The molecule has 0 aliphatic rings. The molecule has 2 rings (SSSR count). The molecule has 0 aliphatic heterocycles. The molecule has 0 saturated heterocycles. The van der Waals surface area contributed by atoms with E-state index >= 15 is 0 Å². The molecule has 0 bridgehead atoms. The zero-order chi connectivity index (χ0) is 15.2. The van der Waals surface area contributed by atoms with Crippen LogP contribution in [-0.4, -0.2) is 13.7 Å². The average molecular weight is 284 g/mol. The van der Waals surface area contributed by atoms with E-state index in [1.807, 2.05) is 13.0 Å². The standard InChI is InChI=1S/C17H17FN2O/c1-3-20-11-13-4-6-14(16(18)9-13)15-8-12(10-19)5-7-17(15)21-2/h4-9,20H,3,11H2,1-2H3. The molecule has 0 amide bonds. The summed E-state index contributed by atoms with van der Waals surface area (Å²) in [5, 5.41) is 12.1. The number of methoxy groups -OCH3 is 1. The molecule has 21 heavy (non-hydrogen) atoms. The molecule has 0 atom stereocenters. The van der Waals surface area contributed by atoms with Gasteiger partial charge in [-0.2, -0.15) is 5.26 Å². The summed E-state index contributed by atoms with van der Waals surface area (Å²) in [4.78, 5) is 0. The smallest absolute Gasteiger partial charge is 0.131 e. The summed E-state index contributed by atoms with van der Waals surface area (Å²) in [6.07, 6.45) is 0. The highest BCUT2D eigenvalue weighted by molar-refractivity contribution is 5.72.